The fraction of sp³-hybridized carbons (Fsp3) is 0.529. The van der Waals surface area contributed by atoms with Crippen LogP contribution in [0.25, 0.3) is 0 Å². The van der Waals surface area contributed by atoms with Crippen LogP contribution in [0.2, 0.25) is 0 Å². The van der Waals surface area contributed by atoms with Crippen molar-refractivity contribution in [1.82, 2.24) is 14.7 Å². The summed E-state index contributed by atoms with van der Waals surface area (Å²) in [5, 5.41) is 6.23. The molecule has 0 aliphatic carbocycles. The van der Waals surface area contributed by atoms with E-state index in [2.05, 4.69) is 11.3 Å². The first-order valence-corrected chi connectivity index (χ1v) is 8.98. The summed E-state index contributed by atoms with van der Waals surface area (Å²) in [6.07, 6.45) is 7.04. The zero-order chi connectivity index (χ0) is 15.9. The highest BCUT2D eigenvalue weighted by Crippen LogP contribution is 2.41. The van der Waals surface area contributed by atoms with Crippen LogP contribution in [0.5, 0.6) is 0 Å². The maximum atomic E-state index is 12.6. The van der Waals surface area contributed by atoms with Gasteiger partial charge in [0.2, 0.25) is 0 Å². The Bertz CT molecular complexity index is 697. The second-order valence-corrected chi connectivity index (χ2v) is 7.60. The molecule has 4 rings (SSSR count). The first-order chi connectivity index (χ1) is 11.2. The minimum atomic E-state index is -0.175. The molecule has 122 valence electrons. The molecule has 0 bridgehead atoms. The maximum absolute atomic E-state index is 12.6. The lowest BCUT2D eigenvalue weighted by molar-refractivity contribution is -0.0446. The van der Waals surface area contributed by atoms with Gasteiger partial charge in [0.25, 0.3) is 5.91 Å². The molecule has 2 aromatic heterocycles. The van der Waals surface area contributed by atoms with Crippen LogP contribution in [-0.4, -0.2) is 45.9 Å². The highest BCUT2D eigenvalue weighted by atomic mass is 32.1. The van der Waals surface area contributed by atoms with E-state index < -0.39 is 0 Å². The first kappa shape index (κ1) is 14.9. The predicted octanol–water partition coefficient (Wildman–Crippen LogP) is 2.66. The molecule has 0 radical (unpaired) electrons. The van der Waals surface area contributed by atoms with Gasteiger partial charge in [0.15, 0.2) is 0 Å². The number of hydrogen-bond acceptors (Lipinski definition) is 4. The Kier molecular flexibility index (Phi) is 3.73. The molecule has 1 amide bonds. The van der Waals surface area contributed by atoms with Gasteiger partial charge in [-0.2, -0.15) is 5.10 Å². The molecule has 5 nitrogen and oxygen atoms in total. The highest BCUT2D eigenvalue weighted by Gasteiger charge is 2.45. The number of nitrogens with zero attached hydrogens (tertiary/aromatic N) is 3. The molecule has 2 aliphatic heterocycles. The normalized spacial score (nSPS) is 27.7. The summed E-state index contributed by atoms with van der Waals surface area (Å²) in [5.41, 5.74) is 1.07. The molecule has 23 heavy (non-hydrogen) atoms. The zero-order valence-electron chi connectivity index (χ0n) is 13.3. The molecular formula is C17H21N3O2S. The molecule has 0 saturated carbocycles. The van der Waals surface area contributed by atoms with Gasteiger partial charge in [0.05, 0.1) is 29.8 Å². The van der Waals surface area contributed by atoms with Crippen LogP contribution in [0.15, 0.2) is 29.9 Å². The van der Waals surface area contributed by atoms with E-state index in [1.807, 2.05) is 40.3 Å². The van der Waals surface area contributed by atoms with E-state index in [9.17, 15) is 4.79 Å². The molecule has 2 fully saturated rings. The van der Waals surface area contributed by atoms with Crippen molar-refractivity contribution in [1.29, 1.82) is 0 Å². The van der Waals surface area contributed by atoms with Crippen molar-refractivity contribution in [3.05, 3.63) is 40.3 Å². The van der Waals surface area contributed by atoms with Crippen molar-refractivity contribution in [3.63, 3.8) is 0 Å². The fourth-order valence-electron chi connectivity index (χ4n) is 3.82. The number of piperidine rings is 1. The molecule has 4 heterocycles. The fourth-order valence-corrected chi connectivity index (χ4v) is 4.51. The second-order valence-electron chi connectivity index (χ2n) is 6.65. The quantitative estimate of drug-likeness (QED) is 0.850. The summed E-state index contributed by atoms with van der Waals surface area (Å²) in [4.78, 5) is 15.4. The number of hydrogen-bond donors (Lipinski definition) is 0. The van der Waals surface area contributed by atoms with Gasteiger partial charge in [0, 0.05) is 25.7 Å². The minimum Gasteiger partial charge on any atom is -0.372 e. The van der Waals surface area contributed by atoms with Crippen molar-refractivity contribution in [2.45, 2.75) is 30.8 Å². The summed E-state index contributed by atoms with van der Waals surface area (Å²) in [6, 6.07) is 3.84. The average molecular weight is 331 g/mol. The molecule has 6 heteroatoms. The Balaban J connectivity index is 1.48. The molecule has 2 saturated heterocycles. The van der Waals surface area contributed by atoms with Gasteiger partial charge in [-0.1, -0.05) is 6.07 Å². The Morgan fingerprint density at radius 2 is 2.43 bits per heavy atom. The van der Waals surface area contributed by atoms with E-state index in [0.29, 0.717) is 12.5 Å². The van der Waals surface area contributed by atoms with E-state index in [1.165, 1.54) is 16.9 Å². The number of carbonyl (C=O) groups is 1. The minimum absolute atomic E-state index is 0.146. The van der Waals surface area contributed by atoms with Crippen LogP contribution < -0.4 is 0 Å². The van der Waals surface area contributed by atoms with Gasteiger partial charge in [-0.3, -0.25) is 9.48 Å². The SMILES string of the molecule is Cn1cc([C@@H]2CO[C@@]3(CCCN(C(=O)c4cccs4)C3)C2)cn1. The smallest absolute Gasteiger partial charge is 0.264 e. The number of likely N-dealkylation sites (tertiary alicyclic amines) is 1. The standard InChI is InChI=1S/C17H21N3O2S/c1-19-10-14(9-18-19)13-8-17(22-11-13)5-3-6-20(12-17)16(21)15-4-2-7-23-15/h2,4,7,9-10,13H,3,5-6,8,11-12H2,1H3/t13-,17-/m0/s1. The molecule has 2 aromatic rings. The van der Waals surface area contributed by atoms with Gasteiger partial charge in [-0.05, 0) is 36.3 Å². The third-order valence-electron chi connectivity index (χ3n) is 4.96. The molecule has 2 atom stereocenters. The first-order valence-electron chi connectivity index (χ1n) is 8.10. The van der Waals surface area contributed by atoms with Gasteiger partial charge in [-0.25, -0.2) is 0 Å². The lowest BCUT2D eigenvalue weighted by Crippen LogP contribution is -2.49. The van der Waals surface area contributed by atoms with Gasteiger partial charge < -0.3 is 9.64 Å². The van der Waals surface area contributed by atoms with E-state index in [4.69, 9.17) is 4.74 Å². The number of ether oxygens (including phenoxy) is 1. The average Bonchev–Trinajstić information content (AvgIpc) is 3.28. The van der Waals surface area contributed by atoms with Crippen molar-refractivity contribution in [2.24, 2.45) is 7.05 Å². The van der Waals surface area contributed by atoms with Crippen molar-refractivity contribution >= 4 is 17.2 Å². The van der Waals surface area contributed by atoms with Crippen LogP contribution in [0.3, 0.4) is 0 Å². The number of amides is 1. The van der Waals surface area contributed by atoms with Crippen LogP contribution in [0, 0.1) is 0 Å². The third kappa shape index (κ3) is 2.81. The summed E-state index contributed by atoms with van der Waals surface area (Å²) in [5.74, 6) is 0.535. The van der Waals surface area contributed by atoms with Crippen molar-refractivity contribution < 1.29 is 9.53 Å². The molecular weight excluding hydrogens is 310 g/mol. The monoisotopic (exact) mass is 331 g/mol. The van der Waals surface area contributed by atoms with E-state index in [-0.39, 0.29) is 11.5 Å². The van der Waals surface area contributed by atoms with Crippen LogP contribution in [-0.2, 0) is 11.8 Å². The molecule has 0 aromatic carbocycles. The predicted molar refractivity (Wildman–Crippen MR) is 88.7 cm³/mol. The number of carbonyl (C=O) groups excluding carboxylic acids is 1. The third-order valence-corrected chi connectivity index (χ3v) is 5.82. The molecule has 1 spiro atoms. The van der Waals surface area contributed by atoms with Gasteiger partial charge >= 0.3 is 0 Å². The number of aromatic nitrogens is 2. The zero-order valence-corrected chi connectivity index (χ0v) is 14.1. The van der Waals surface area contributed by atoms with E-state index >= 15 is 0 Å². The number of aryl methyl sites for hydroxylation is 1. The topological polar surface area (TPSA) is 47.4 Å². The Morgan fingerprint density at radius 1 is 1.52 bits per heavy atom. The Morgan fingerprint density at radius 3 is 3.17 bits per heavy atom. The van der Waals surface area contributed by atoms with Gasteiger partial charge in [-0.15, -0.1) is 11.3 Å². The van der Waals surface area contributed by atoms with Gasteiger partial charge in [0.1, 0.15) is 0 Å². The second kappa shape index (κ2) is 5.76. The summed E-state index contributed by atoms with van der Waals surface area (Å²) >= 11 is 1.51. The maximum Gasteiger partial charge on any atom is 0.264 e. The molecule has 0 N–H and O–H groups in total. The summed E-state index contributed by atoms with van der Waals surface area (Å²) < 4.78 is 8.07. The Labute approximate surface area is 139 Å². The van der Waals surface area contributed by atoms with Crippen molar-refractivity contribution in [3.8, 4) is 0 Å². The Hall–Kier alpha value is -1.66. The van der Waals surface area contributed by atoms with E-state index in [1.54, 1.807) is 0 Å². The van der Waals surface area contributed by atoms with Crippen LogP contribution in [0.1, 0.15) is 40.4 Å². The van der Waals surface area contributed by atoms with Crippen LogP contribution in [0.4, 0.5) is 0 Å². The van der Waals surface area contributed by atoms with Crippen molar-refractivity contribution in [2.75, 3.05) is 19.7 Å². The highest BCUT2D eigenvalue weighted by molar-refractivity contribution is 7.12. The largest absolute Gasteiger partial charge is 0.372 e. The summed E-state index contributed by atoms with van der Waals surface area (Å²) in [6.45, 7) is 2.27. The molecule has 2 aliphatic rings. The van der Waals surface area contributed by atoms with E-state index in [0.717, 1.165) is 37.3 Å². The molecule has 0 unspecified atom stereocenters. The summed E-state index contributed by atoms with van der Waals surface area (Å²) in [7, 11) is 1.94. The number of rotatable bonds is 2. The van der Waals surface area contributed by atoms with Crippen LogP contribution >= 0.6 is 11.3 Å². The lowest BCUT2D eigenvalue weighted by Gasteiger charge is -2.39. The number of thiophene rings is 1. The lowest BCUT2D eigenvalue weighted by atomic mass is 9.85.